The number of halogens is 1. The molecule has 0 bridgehead atoms. The maximum Gasteiger partial charge on any atom is 0.410 e. The topological polar surface area (TPSA) is 73.8 Å². The van der Waals surface area contributed by atoms with Crippen LogP contribution in [0.1, 0.15) is 34.6 Å². The van der Waals surface area contributed by atoms with Gasteiger partial charge in [0.2, 0.25) is 5.88 Å². The molecule has 0 N–H and O–H groups in total. The van der Waals surface area contributed by atoms with Crippen LogP contribution < -0.4 is 4.74 Å². The average Bonchev–Trinajstić information content (AvgIpc) is 2.56. The van der Waals surface area contributed by atoms with Gasteiger partial charge >= 0.3 is 6.09 Å². The van der Waals surface area contributed by atoms with E-state index in [0.29, 0.717) is 29.6 Å². The first-order valence-corrected chi connectivity index (χ1v) is 9.60. The molecule has 0 saturated carbocycles. The SMILES string of the molecule is CC(C)(C)OC(=O)N1CC(COc2nc(Cl)cc3ncccc23)OC(C)(C)C1. The molecular formula is C20H26ClN3O4. The highest BCUT2D eigenvalue weighted by atomic mass is 35.5. The number of fused-ring (bicyclic) bond motifs is 1. The lowest BCUT2D eigenvalue weighted by Crippen LogP contribution is -2.56. The Bertz CT molecular complexity index is 866. The first-order valence-electron chi connectivity index (χ1n) is 9.22. The van der Waals surface area contributed by atoms with E-state index in [1.54, 1.807) is 17.2 Å². The predicted molar refractivity (Wildman–Crippen MR) is 107 cm³/mol. The largest absolute Gasteiger partial charge is 0.474 e. The number of hydrogen-bond donors (Lipinski definition) is 0. The fraction of sp³-hybridized carbons (Fsp3) is 0.550. The number of aromatic nitrogens is 2. The van der Waals surface area contributed by atoms with Crippen LogP contribution in [-0.4, -0.2) is 58.0 Å². The minimum Gasteiger partial charge on any atom is -0.474 e. The summed E-state index contributed by atoms with van der Waals surface area (Å²) in [7, 11) is 0. The Morgan fingerprint density at radius 1 is 1.43 bits per heavy atom. The van der Waals surface area contributed by atoms with Crippen molar-refractivity contribution in [2.24, 2.45) is 0 Å². The highest BCUT2D eigenvalue weighted by Crippen LogP contribution is 2.27. The molecule has 1 aliphatic heterocycles. The summed E-state index contributed by atoms with van der Waals surface area (Å²) < 4.78 is 17.5. The van der Waals surface area contributed by atoms with E-state index >= 15 is 0 Å². The van der Waals surface area contributed by atoms with E-state index in [4.69, 9.17) is 25.8 Å². The molecule has 0 radical (unpaired) electrons. The highest BCUT2D eigenvalue weighted by molar-refractivity contribution is 6.30. The van der Waals surface area contributed by atoms with Gasteiger partial charge in [0, 0.05) is 12.3 Å². The molecular weight excluding hydrogens is 382 g/mol. The van der Waals surface area contributed by atoms with Crippen LogP contribution in [0.2, 0.25) is 5.15 Å². The van der Waals surface area contributed by atoms with Crippen molar-refractivity contribution < 1.29 is 19.0 Å². The third-order valence-electron chi connectivity index (χ3n) is 4.07. The zero-order chi connectivity index (χ0) is 20.5. The zero-order valence-corrected chi connectivity index (χ0v) is 17.6. The van der Waals surface area contributed by atoms with Gasteiger partial charge in [-0.3, -0.25) is 4.98 Å². The number of amides is 1. The molecule has 1 fully saturated rings. The van der Waals surface area contributed by atoms with Crippen molar-refractivity contribution in [1.29, 1.82) is 0 Å². The maximum absolute atomic E-state index is 12.5. The second kappa shape index (κ2) is 7.72. The van der Waals surface area contributed by atoms with Crippen molar-refractivity contribution in [1.82, 2.24) is 14.9 Å². The van der Waals surface area contributed by atoms with Crippen LogP contribution in [0.3, 0.4) is 0 Å². The highest BCUT2D eigenvalue weighted by Gasteiger charge is 2.37. The Morgan fingerprint density at radius 2 is 2.18 bits per heavy atom. The van der Waals surface area contributed by atoms with Crippen LogP contribution in [0.15, 0.2) is 24.4 Å². The number of ether oxygens (including phenoxy) is 3. The van der Waals surface area contributed by atoms with Gasteiger partial charge in [-0.1, -0.05) is 11.6 Å². The fourth-order valence-electron chi connectivity index (χ4n) is 3.15. The van der Waals surface area contributed by atoms with Gasteiger partial charge in [-0.15, -0.1) is 0 Å². The zero-order valence-electron chi connectivity index (χ0n) is 16.9. The monoisotopic (exact) mass is 407 g/mol. The summed E-state index contributed by atoms with van der Waals surface area (Å²) in [5.74, 6) is 0.395. The second-order valence-electron chi connectivity index (χ2n) is 8.49. The number of pyridine rings is 2. The summed E-state index contributed by atoms with van der Waals surface area (Å²) in [5.41, 5.74) is -0.366. The molecule has 2 aromatic rings. The summed E-state index contributed by atoms with van der Waals surface area (Å²) in [5, 5.41) is 1.08. The van der Waals surface area contributed by atoms with E-state index < -0.39 is 11.2 Å². The third kappa shape index (κ3) is 5.23. The Labute approximate surface area is 169 Å². The molecule has 3 heterocycles. The van der Waals surface area contributed by atoms with Crippen LogP contribution in [0.25, 0.3) is 10.9 Å². The molecule has 0 spiro atoms. The first kappa shape index (κ1) is 20.6. The van der Waals surface area contributed by atoms with Crippen molar-refractivity contribution in [2.45, 2.75) is 51.9 Å². The van der Waals surface area contributed by atoms with Crippen molar-refractivity contribution in [3.05, 3.63) is 29.5 Å². The predicted octanol–water partition coefficient (Wildman–Crippen LogP) is 4.08. The number of nitrogens with zero attached hydrogens (tertiary/aromatic N) is 3. The van der Waals surface area contributed by atoms with E-state index in [0.717, 1.165) is 5.39 Å². The van der Waals surface area contributed by atoms with Crippen molar-refractivity contribution in [2.75, 3.05) is 19.7 Å². The molecule has 1 saturated heterocycles. The van der Waals surface area contributed by atoms with Gasteiger partial charge in [-0.05, 0) is 46.8 Å². The molecule has 1 aliphatic rings. The second-order valence-corrected chi connectivity index (χ2v) is 8.88. The van der Waals surface area contributed by atoms with Gasteiger partial charge in [0.25, 0.3) is 0 Å². The van der Waals surface area contributed by atoms with Gasteiger partial charge in [-0.25, -0.2) is 9.78 Å². The first-order chi connectivity index (χ1) is 13.0. The molecule has 1 amide bonds. The normalized spacial score (nSPS) is 19.5. The molecule has 3 rings (SSSR count). The molecule has 152 valence electrons. The van der Waals surface area contributed by atoms with E-state index in [1.165, 1.54) is 0 Å². The summed E-state index contributed by atoms with van der Waals surface area (Å²) >= 11 is 6.09. The summed E-state index contributed by atoms with van der Waals surface area (Å²) in [6.07, 6.45) is 1.00. The van der Waals surface area contributed by atoms with Crippen LogP contribution in [0.4, 0.5) is 4.79 Å². The van der Waals surface area contributed by atoms with Crippen molar-refractivity contribution in [3.8, 4) is 5.88 Å². The molecule has 0 aliphatic carbocycles. The maximum atomic E-state index is 12.5. The Kier molecular flexibility index (Phi) is 5.68. The number of hydrogen-bond acceptors (Lipinski definition) is 6. The third-order valence-corrected chi connectivity index (χ3v) is 4.27. The minimum atomic E-state index is -0.553. The van der Waals surface area contributed by atoms with Gasteiger partial charge in [0.1, 0.15) is 23.5 Å². The molecule has 28 heavy (non-hydrogen) atoms. The molecule has 8 heteroatoms. The van der Waals surface area contributed by atoms with E-state index in [2.05, 4.69) is 9.97 Å². The van der Waals surface area contributed by atoms with E-state index in [1.807, 2.05) is 46.8 Å². The Morgan fingerprint density at radius 3 is 2.89 bits per heavy atom. The average molecular weight is 408 g/mol. The molecule has 1 unspecified atom stereocenters. The molecule has 0 aromatic carbocycles. The summed E-state index contributed by atoms with van der Waals surface area (Å²) in [6.45, 7) is 10.5. The number of rotatable bonds is 3. The molecule has 2 aromatic heterocycles. The van der Waals surface area contributed by atoms with Gasteiger partial charge in [0.15, 0.2) is 0 Å². The number of carbonyl (C=O) groups is 1. The summed E-state index contributed by atoms with van der Waals surface area (Å²) in [4.78, 5) is 22.7. The van der Waals surface area contributed by atoms with E-state index in [9.17, 15) is 4.79 Å². The van der Waals surface area contributed by atoms with Crippen LogP contribution in [0.5, 0.6) is 5.88 Å². The lowest BCUT2D eigenvalue weighted by atomic mass is 10.1. The molecule has 1 atom stereocenters. The minimum absolute atomic E-state index is 0.222. The number of carbonyl (C=O) groups excluding carboxylic acids is 1. The Hall–Kier alpha value is -2.12. The molecule has 7 nitrogen and oxygen atoms in total. The summed E-state index contributed by atoms with van der Waals surface area (Å²) in [6, 6.07) is 5.38. The lowest BCUT2D eigenvalue weighted by Gasteiger charge is -2.42. The fourth-order valence-corrected chi connectivity index (χ4v) is 3.33. The van der Waals surface area contributed by atoms with Gasteiger partial charge in [-0.2, -0.15) is 0 Å². The van der Waals surface area contributed by atoms with Crippen LogP contribution >= 0.6 is 11.6 Å². The lowest BCUT2D eigenvalue weighted by molar-refractivity contribution is -0.143. The van der Waals surface area contributed by atoms with Gasteiger partial charge in [0.05, 0.1) is 29.6 Å². The van der Waals surface area contributed by atoms with Crippen LogP contribution in [0, 0.1) is 0 Å². The van der Waals surface area contributed by atoms with Crippen molar-refractivity contribution >= 4 is 28.6 Å². The standard InChI is InChI=1S/C20H26ClN3O4/c1-19(2,3)28-18(25)24-10-13(27-20(4,5)12-24)11-26-17-14-7-6-8-22-15(14)9-16(21)23-17/h6-9,13H,10-12H2,1-5H3. The van der Waals surface area contributed by atoms with Gasteiger partial charge < -0.3 is 19.1 Å². The smallest absolute Gasteiger partial charge is 0.410 e. The van der Waals surface area contributed by atoms with E-state index in [-0.39, 0.29) is 18.8 Å². The quantitative estimate of drug-likeness (QED) is 0.714. The number of morpholine rings is 1. The van der Waals surface area contributed by atoms with Crippen LogP contribution in [-0.2, 0) is 9.47 Å². The Balaban J connectivity index is 1.72. The van der Waals surface area contributed by atoms with Crippen molar-refractivity contribution in [3.63, 3.8) is 0 Å².